The average Bonchev–Trinajstić information content (AvgIpc) is 3.00. The van der Waals surface area contributed by atoms with Crippen molar-refractivity contribution < 1.29 is 24.5 Å². The number of nitrogens with zero attached hydrogens (tertiary/aromatic N) is 1. The monoisotopic (exact) mass is 614 g/mol. The first kappa shape index (κ1) is 42.3. The van der Waals surface area contributed by atoms with Gasteiger partial charge in [0.05, 0.1) is 19.3 Å². The predicted octanol–water partition coefficient (Wildman–Crippen LogP) is 9.73. The van der Waals surface area contributed by atoms with Crippen molar-refractivity contribution in [3.05, 3.63) is 0 Å². The zero-order valence-corrected chi connectivity index (χ0v) is 29.1. The summed E-state index contributed by atoms with van der Waals surface area (Å²) in [6, 6.07) is 0. The maximum Gasteiger partial charge on any atom is 0.305 e. The number of ether oxygens (including phenoxy) is 2. The third-order valence-electron chi connectivity index (χ3n) is 8.58. The van der Waals surface area contributed by atoms with E-state index in [1.54, 1.807) is 0 Å². The molecule has 258 valence electrons. The van der Waals surface area contributed by atoms with Crippen LogP contribution in [-0.2, 0) is 14.3 Å². The van der Waals surface area contributed by atoms with Crippen LogP contribution in [0.3, 0.4) is 0 Å². The first-order valence-corrected chi connectivity index (χ1v) is 18.9. The fourth-order valence-corrected chi connectivity index (χ4v) is 5.74. The van der Waals surface area contributed by atoms with Crippen molar-refractivity contribution in [3.8, 4) is 0 Å². The summed E-state index contributed by atoms with van der Waals surface area (Å²) in [5.41, 5.74) is 0. The summed E-state index contributed by atoms with van der Waals surface area (Å²) in [6.45, 7) is 9.76. The number of carbonyl (C=O) groups is 1. The molecule has 0 heterocycles. The Morgan fingerprint density at radius 3 is 1.63 bits per heavy atom. The van der Waals surface area contributed by atoms with Gasteiger partial charge in [0.25, 0.3) is 0 Å². The highest BCUT2D eigenvalue weighted by Crippen LogP contribution is 2.19. The third kappa shape index (κ3) is 31.1. The minimum Gasteiger partial charge on any atom is -0.466 e. The van der Waals surface area contributed by atoms with Gasteiger partial charge in [0.1, 0.15) is 0 Å². The molecule has 0 aliphatic carbocycles. The molecule has 6 heteroatoms. The minimum absolute atomic E-state index is 0.0401. The van der Waals surface area contributed by atoms with Gasteiger partial charge in [-0.05, 0) is 38.6 Å². The SMILES string of the molecule is CCCCCCCCC(CCCCCCCC)OC(O)CCN(CCO)CCCCCCCCCC(=O)OCCCCC. The van der Waals surface area contributed by atoms with E-state index in [0.29, 0.717) is 26.0 Å². The van der Waals surface area contributed by atoms with Gasteiger partial charge in [-0.15, -0.1) is 0 Å². The van der Waals surface area contributed by atoms with Crippen LogP contribution in [-0.4, -0.2) is 66.3 Å². The van der Waals surface area contributed by atoms with Crippen LogP contribution >= 0.6 is 0 Å². The Hall–Kier alpha value is -0.690. The Kier molecular flexibility index (Phi) is 33.6. The van der Waals surface area contributed by atoms with Crippen LogP contribution in [0.25, 0.3) is 0 Å². The van der Waals surface area contributed by atoms with Crippen molar-refractivity contribution in [2.24, 2.45) is 0 Å². The highest BCUT2D eigenvalue weighted by atomic mass is 16.6. The number of hydrogen-bond donors (Lipinski definition) is 2. The first-order valence-electron chi connectivity index (χ1n) is 18.9. The summed E-state index contributed by atoms with van der Waals surface area (Å²) < 4.78 is 11.5. The Morgan fingerprint density at radius 1 is 0.581 bits per heavy atom. The molecule has 1 atom stereocenters. The zero-order chi connectivity index (χ0) is 31.6. The van der Waals surface area contributed by atoms with Crippen LogP contribution < -0.4 is 0 Å². The maximum atomic E-state index is 11.7. The lowest BCUT2D eigenvalue weighted by atomic mass is 10.0. The second kappa shape index (κ2) is 34.2. The normalized spacial score (nSPS) is 12.4. The van der Waals surface area contributed by atoms with Crippen LogP contribution in [0.5, 0.6) is 0 Å². The van der Waals surface area contributed by atoms with Crippen molar-refractivity contribution in [2.45, 2.75) is 200 Å². The van der Waals surface area contributed by atoms with Gasteiger partial charge in [-0.2, -0.15) is 0 Å². The van der Waals surface area contributed by atoms with Crippen LogP contribution in [0.2, 0.25) is 0 Å². The first-order chi connectivity index (χ1) is 21.1. The Morgan fingerprint density at radius 2 is 1.07 bits per heavy atom. The number of esters is 1. The lowest BCUT2D eigenvalue weighted by Gasteiger charge is -2.25. The zero-order valence-electron chi connectivity index (χ0n) is 29.1. The van der Waals surface area contributed by atoms with Crippen LogP contribution in [0, 0.1) is 0 Å². The van der Waals surface area contributed by atoms with Crippen molar-refractivity contribution >= 4 is 5.97 Å². The standard InChI is InChI=1S/C37H75NO5/c1-4-7-10-12-17-21-26-35(27-22-18-13-11-8-5-2)43-37(41)29-31-38(32-33-39)30-24-20-16-14-15-19-23-28-36(40)42-34-25-9-6-3/h35,37,39,41H,4-34H2,1-3H3. The molecule has 0 aromatic heterocycles. The maximum absolute atomic E-state index is 11.7. The molecule has 0 aliphatic heterocycles. The van der Waals surface area contributed by atoms with Crippen LogP contribution in [0.1, 0.15) is 188 Å². The summed E-state index contributed by atoms with van der Waals surface area (Å²) in [5, 5.41) is 20.3. The van der Waals surface area contributed by atoms with Gasteiger partial charge in [0.15, 0.2) is 6.29 Å². The van der Waals surface area contributed by atoms with Gasteiger partial charge < -0.3 is 24.6 Å². The topological polar surface area (TPSA) is 79.2 Å². The Balaban J connectivity index is 4.15. The van der Waals surface area contributed by atoms with Crippen LogP contribution in [0.15, 0.2) is 0 Å². The van der Waals surface area contributed by atoms with Crippen LogP contribution in [0.4, 0.5) is 0 Å². The lowest BCUT2D eigenvalue weighted by molar-refractivity contribution is -0.145. The molecule has 0 spiro atoms. The molecule has 0 aliphatic rings. The van der Waals surface area contributed by atoms with Crippen molar-refractivity contribution in [2.75, 3.05) is 32.8 Å². The second-order valence-electron chi connectivity index (χ2n) is 12.8. The van der Waals surface area contributed by atoms with Gasteiger partial charge in [-0.1, -0.05) is 143 Å². The lowest BCUT2D eigenvalue weighted by Crippen LogP contribution is -2.33. The number of unbranched alkanes of at least 4 members (excludes halogenated alkanes) is 18. The number of rotatable bonds is 35. The van der Waals surface area contributed by atoms with E-state index in [-0.39, 0.29) is 18.7 Å². The quantitative estimate of drug-likeness (QED) is 0.0421. The van der Waals surface area contributed by atoms with E-state index >= 15 is 0 Å². The van der Waals surface area contributed by atoms with Crippen molar-refractivity contribution in [3.63, 3.8) is 0 Å². The molecule has 0 saturated carbocycles. The highest BCUT2D eigenvalue weighted by molar-refractivity contribution is 5.69. The predicted molar refractivity (Wildman–Crippen MR) is 182 cm³/mol. The van der Waals surface area contributed by atoms with E-state index in [4.69, 9.17) is 9.47 Å². The summed E-state index contributed by atoms with van der Waals surface area (Å²) in [4.78, 5) is 14.0. The molecule has 1 unspecified atom stereocenters. The number of hydrogen-bond acceptors (Lipinski definition) is 6. The number of aliphatic hydroxyl groups excluding tert-OH is 2. The smallest absolute Gasteiger partial charge is 0.305 e. The van der Waals surface area contributed by atoms with E-state index in [9.17, 15) is 15.0 Å². The van der Waals surface area contributed by atoms with E-state index in [2.05, 4.69) is 25.7 Å². The molecule has 43 heavy (non-hydrogen) atoms. The minimum atomic E-state index is -0.722. The summed E-state index contributed by atoms with van der Waals surface area (Å²) in [6.07, 6.45) is 29.3. The summed E-state index contributed by atoms with van der Waals surface area (Å²) in [7, 11) is 0. The number of carbonyl (C=O) groups excluding carboxylic acids is 1. The molecule has 0 aromatic rings. The highest BCUT2D eigenvalue weighted by Gasteiger charge is 2.16. The second-order valence-corrected chi connectivity index (χ2v) is 12.8. The molecule has 0 fully saturated rings. The van der Waals surface area contributed by atoms with E-state index < -0.39 is 6.29 Å². The molecule has 0 saturated heterocycles. The van der Waals surface area contributed by atoms with Crippen molar-refractivity contribution in [1.82, 2.24) is 4.90 Å². The Bertz CT molecular complexity index is 545. The third-order valence-corrected chi connectivity index (χ3v) is 8.58. The van der Waals surface area contributed by atoms with Gasteiger partial charge in [0, 0.05) is 25.9 Å². The summed E-state index contributed by atoms with van der Waals surface area (Å²) in [5.74, 6) is -0.0401. The van der Waals surface area contributed by atoms with E-state index in [0.717, 1.165) is 64.5 Å². The van der Waals surface area contributed by atoms with Gasteiger partial charge in [0.2, 0.25) is 0 Å². The molecule has 0 bridgehead atoms. The molecule has 0 radical (unpaired) electrons. The van der Waals surface area contributed by atoms with Gasteiger partial charge >= 0.3 is 5.97 Å². The molecule has 0 amide bonds. The van der Waals surface area contributed by atoms with E-state index in [1.807, 2.05) is 0 Å². The molecule has 0 rings (SSSR count). The molecule has 2 N–H and O–H groups in total. The fourth-order valence-electron chi connectivity index (χ4n) is 5.74. The fraction of sp³-hybridized carbons (Fsp3) is 0.973. The molecule has 6 nitrogen and oxygen atoms in total. The van der Waals surface area contributed by atoms with Gasteiger partial charge in [-0.25, -0.2) is 0 Å². The molecular formula is C37H75NO5. The molecular weight excluding hydrogens is 538 g/mol. The van der Waals surface area contributed by atoms with Gasteiger partial charge in [-0.3, -0.25) is 4.79 Å². The summed E-state index contributed by atoms with van der Waals surface area (Å²) >= 11 is 0. The average molecular weight is 614 g/mol. The Labute approximate surface area is 268 Å². The largest absolute Gasteiger partial charge is 0.466 e. The van der Waals surface area contributed by atoms with E-state index in [1.165, 1.54) is 103 Å². The number of aliphatic hydroxyl groups is 2. The van der Waals surface area contributed by atoms with Crippen molar-refractivity contribution in [1.29, 1.82) is 0 Å². The molecule has 0 aromatic carbocycles.